The van der Waals surface area contributed by atoms with Crippen molar-refractivity contribution >= 4 is 11.3 Å². The first-order chi connectivity index (χ1) is 9.67. The highest BCUT2D eigenvalue weighted by Gasteiger charge is 2.20. The van der Waals surface area contributed by atoms with Gasteiger partial charge in [-0.1, -0.05) is 27.2 Å². The zero-order valence-corrected chi connectivity index (χ0v) is 14.1. The van der Waals surface area contributed by atoms with Gasteiger partial charge < -0.3 is 5.32 Å². The van der Waals surface area contributed by atoms with Crippen molar-refractivity contribution in [2.75, 3.05) is 19.6 Å². The molecule has 1 heterocycles. The second kappa shape index (κ2) is 8.16. The maximum absolute atomic E-state index is 3.53. The van der Waals surface area contributed by atoms with E-state index in [1.807, 2.05) is 11.3 Å². The Hall–Kier alpha value is -0.380. The van der Waals surface area contributed by atoms with E-state index in [9.17, 15) is 0 Å². The molecule has 0 bridgehead atoms. The first-order valence-electron chi connectivity index (χ1n) is 8.18. The highest BCUT2D eigenvalue weighted by Crippen LogP contribution is 2.28. The zero-order chi connectivity index (χ0) is 14.4. The van der Waals surface area contributed by atoms with Gasteiger partial charge >= 0.3 is 0 Å². The molecule has 1 aromatic heterocycles. The summed E-state index contributed by atoms with van der Waals surface area (Å²) in [5.74, 6) is 1.70. The molecular formula is C17H30N2S. The van der Waals surface area contributed by atoms with Crippen LogP contribution in [0, 0.1) is 11.8 Å². The molecule has 2 rings (SSSR count). The van der Waals surface area contributed by atoms with Crippen molar-refractivity contribution in [1.82, 2.24) is 10.2 Å². The molecule has 3 heteroatoms. The summed E-state index contributed by atoms with van der Waals surface area (Å²) in [6, 6.07) is 4.62. The van der Waals surface area contributed by atoms with Crippen molar-refractivity contribution in [2.45, 2.75) is 53.1 Å². The fourth-order valence-corrected chi connectivity index (χ4v) is 3.68. The summed E-state index contributed by atoms with van der Waals surface area (Å²) in [6.07, 6.45) is 4.35. The van der Waals surface area contributed by atoms with Gasteiger partial charge in [0.25, 0.3) is 0 Å². The molecule has 0 spiro atoms. The number of hydrogen-bond donors (Lipinski definition) is 1. The Balaban J connectivity index is 1.75. The Kier molecular flexibility index (Phi) is 6.53. The lowest BCUT2D eigenvalue weighted by Gasteiger charge is -2.31. The molecule has 1 N–H and O–H groups in total. The highest BCUT2D eigenvalue weighted by molar-refractivity contribution is 7.11. The minimum atomic E-state index is 0.729. The summed E-state index contributed by atoms with van der Waals surface area (Å²) >= 11 is 1.98. The summed E-state index contributed by atoms with van der Waals surface area (Å²) < 4.78 is 0. The lowest BCUT2D eigenvalue weighted by Crippen LogP contribution is -2.31. The maximum atomic E-state index is 3.53. The van der Waals surface area contributed by atoms with Crippen molar-refractivity contribution < 1.29 is 0 Å². The van der Waals surface area contributed by atoms with Crippen LogP contribution in [0.5, 0.6) is 0 Å². The van der Waals surface area contributed by atoms with Crippen molar-refractivity contribution in [3.8, 4) is 0 Å². The molecular weight excluding hydrogens is 264 g/mol. The summed E-state index contributed by atoms with van der Waals surface area (Å²) in [4.78, 5) is 5.61. The van der Waals surface area contributed by atoms with Crippen molar-refractivity contribution in [3.63, 3.8) is 0 Å². The van der Waals surface area contributed by atoms with Crippen LogP contribution in [0.2, 0.25) is 0 Å². The van der Waals surface area contributed by atoms with E-state index in [1.54, 1.807) is 0 Å². The lowest BCUT2D eigenvalue weighted by molar-refractivity contribution is 0.179. The molecule has 0 aromatic carbocycles. The van der Waals surface area contributed by atoms with E-state index < -0.39 is 0 Å². The standard InChI is InChI=1S/C17H30N2S/c1-4-19(12-15-6-5-7-15)13-17-9-8-16(20-17)11-18-10-14(2)3/h8-9,14-15,18H,4-7,10-13H2,1-3H3. The molecule has 114 valence electrons. The van der Waals surface area contributed by atoms with Gasteiger partial charge in [0.1, 0.15) is 0 Å². The molecule has 0 aliphatic heterocycles. The van der Waals surface area contributed by atoms with E-state index in [0.717, 1.165) is 31.5 Å². The van der Waals surface area contributed by atoms with Crippen LogP contribution in [0.3, 0.4) is 0 Å². The Bertz CT molecular complexity index is 382. The van der Waals surface area contributed by atoms with Crippen molar-refractivity contribution in [2.24, 2.45) is 11.8 Å². The van der Waals surface area contributed by atoms with Gasteiger partial charge in [-0.05, 0) is 49.9 Å². The summed E-state index contributed by atoms with van der Waals surface area (Å²) in [6.45, 7) is 12.6. The average molecular weight is 295 g/mol. The van der Waals surface area contributed by atoms with Gasteiger partial charge in [0.15, 0.2) is 0 Å². The van der Waals surface area contributed by atoms with Crippen LogP contribution in [0.25, 0.3) is 0 Å². The Morgan fingerprint density at radius 1 is 1.30 bits per heavy atom. The maximum Gasteiger partial charge on any atom is 0.0328 e. The van der Waals surface area contributed by atoms with Gasteiger partial charge in [-0.2, -0.15) is 0 Å². The topological polar surface area (TPSA) is 15.3 Å². The van der Waals surface area contributed by atoms with Crippen molar-refractivity contribution in [3.05, 3.63) is 21.9 Å². The molecule has 1 aliphatic carbocycles. The van der Waals surface area contributed by atoms with Crippen LogP contribution in [-0.4, -0.2) is 24.5 Å². The molecule has 0 radical (unpaired) electrons. The first kappa shape index (κ1) is 16.0. The Morgan fingerprint density at radius 3 is 2.65 bits per heavy atom. The molecule has 2 nitrogen and oxygen atoms in total. The molecule has 1 saturated carbocycles. The van der Waals surface area contributed by atoms with Gasteiger partial charge in [0, 0.05) is 29.4 Å². The second-order valence-electron chi connectivity index (χ2n) is 6.52. The fourth-order valence-electron chi connectivity index (χ4n) is 2.65. The highest BCUT2D eigenvalue weighted by atomic mass is 32.1. The minimum absolute atomic E-state index is 0.729. The number of rotatable bonds is 9. The van der Waals surface area contributed by atoms with E-state index >= 15 is 0 Å². The van der Waals surface area contributed by atoms with Gasteiger partial charge in [0.05, 0.1) is 0 Å². The Morgan fingerprint density at radius 2 is 2.05 bits per heavy atom. The molecule has 0 amide bonds. The molecule has 1 aliphatic rings. The van der Waals surface area contributed by atoms with Crippen LogP contribution >= 0.6 is 11.3 Å². The van der Waals surface area contributed by atoms with Gasteiger partial charge in [-0.15, -0.1) is 11.3 Å². The second-order valence-corrected chi connectivity index (χ2v) is 7.77. The smallest absolute Gasteiger partial charge is 0.0328 e. The summed E-state index contributed by atoms with van der Waals surface area (Å²) in [5.41, 5.74) is 0. The first-order valence-corrected chi connectivity index (χ1v) is 8.99. The average Bonchev–Trinajstić information content (AvgIpc) is 2.79. The van der Waals surface area contributed by atoms with E-state index in [2.05, 4.69) is 43.1 Å². The third-order valence-electron chi connectivity index (χ3n) is 4.14. The molecule has 1 fully saturated rings. The van der Waals surface area contributed by atoms with Gasteiger partial charge in [-0.25, -0.2) is 0 Å². The van der Waals surface area contributed by atoms with Crippen LogP contribution in [-0.2, 0) is 13.1 Å². The molecule has 0 saturated heterocycles. The largest absolute Gasteiger partial charge is 0.312 e. The SMILES string of the molecule is CCN(Cc1ccc(CNCC(C)C)s1)CC1CCC1. The molecule has 0 unspecified atom stereocenters. The normalized spacial score (nSPS) is 16.1. The van der Waals surface area contributed by atoms with E-state index in [1.165, 1.54) is 42.1 Å². The van der Waals surface area contributed by atoms with Crippen molar-refractivity contribution in [1.29, 1.82) is 0 Å². The number of hydrogen-bond acceptors (Lipinski definition) is 3. The summed E-state index contributed by atoms with van der Waals surface area (Å²) in [5, 5.41) is 3.53. The quantitative estimate of drug-likeness (QED) is 0.737. The Labute approximate surface area is 128 Å². The third kappa shape index (κ3) is 5.19. The summed E-state index contributed by atoms with van der Waals surface area (Å²) in [7, 11) is 0. The predicted molar refractivity (Wildman–Crippen MR) is 89.2 cm³/mol. The molecule has 1 aromatic rings. The minimum Gasteiger partial charge on any atom is -0.312 e. The van der Waals surface area contributed by atoms with E-state index in [0.29, 0.717) is 0 Å². The van der Waals surface area contributed by atoms with Crippen LogP contribution in [0.1, 0.15) is 49.8 Å². The monoisotopic (exact) mass is 294 g/mol. The van der Waals surface area contributed by atoms with Crippen LogP contribution in [0.15, 0.2) is 12.1 Å². The number of nitrogens with zero attached hydrogens (tertiary/aromatic N) is 1. The third-order valence-corrected chi connectivity index (χ3v) is 5.21. The van der Waals surface area contributed by atoms with Gasteiger partial charge in [-0.3, -0.25) is 4.90 Å². The number of thiophene rings is 1. The van der Waals surface area contributed by atoms with E-state index in [-0.39, 0.29) is 0 Å². The zero-order valence-electron chi connectivity index (χ0n) is 13.3. The van der Waals surface area contributed by atoms with Gasteiger partial charge in [0.2, 0.25) is 0 Å². The number of nitrogens with one attached hydrogen (secondary N) is 1. The fraction of sp³-hybridized carbons (Fsp3) is 0.765. The lowest BCUT2D eigenvalue weighted by atomic mass is 9.85. The van der Waals surface area contributed by atoms with Crippen LogP contribution in [0.4, 0.5) is 0 Å². The van der Waals surface area contributed by atoms with E-state index in [4.69, 9.17) is 0 Å². The molecule has 0 atom stereocenters. The van der Waals surface area contributed by atoms with Crippen LogP contribution < -0.4 is 5.32 Å². The predicted octanol–water partition coefficient (Wildman–Crippen LogP) is 4.12. The molecule has 20 heavy (non-hydrogen) atoms.